The summed E-state index contributed by atoms with van der Waals surface area (Å²) in [4.78, 5) is 11.6. The summed E-state index contributed by atoms with van der Waals surface area (Å²) in [5.74, 6) is -0.341. The number of rotatable bonds is 2. The molecule has 0 aliphatic heterocycles. The molecule has 0 radical (unpaired) electrons. The van der Waals surface area contributed by atoms with Gasteiger partial charge >= 0.3 is 5.97 Å². The second kappa shape index (κ2) is 4.84. The van der Waals surface area contributed by atoms with Crippen molar-refractivity contribution in [3.63, 3.8) is 0 Å². The van der Waals surface area contributed by atoms with Gasteiger partial charge in [0, 0.05) is 0 Å². The van der Waals surface area contributed by atoms with Crippen LogP contribution in [0.15, 0.2) is 30.5 Å². The molecule has 1 aromatic rings. The normalized spacial score (nSPS) is 11.7. The van der Waals surface area contributed by atoms with Crippen LogP contribution in [-0.2, 0) is 4.74 Å². The molecule has 3 heteroatoms. The van der Waals surface area contributed by atoms with Crippen LogP contribution in [0.5, 0.6) is 0 Å². The molecule has 0 saturated heterocycles. The van der Waals surface area contributed by atoms with Gasteiger partial charge in [-0.2, -0.15) is 0 Å². The van der Waals surface area contributed by atoms with Gasteiger partial charge in [0.25, 0.3) is 0 Å². The molecule has 0 spiro atoms. The van der Waals surface area contributed by atoms with E-state index in [1.165, 1.54) is 0 Å². The fraction of sp³-hybridized carbons (Fsp3) is 0.308. The maximum atomic E-state index is 11.6. The lowest BCUT2D eigenvalue weighted by Crippen LogP contribution is -2.23. The first kappa shape index (κ1) is 12.3. The molecule has 86 valence electrons. The molecule has 0 aliphatic carbocycles. The van der Waals surface area contributed by atoms with Crippen molar-refractivity contribution in [2.75, 3.05) is 0 Å². The van der Waals surface area contributed by atoms with Crippen LogP contribution in [0.3, 0.4) is 0 Å². The first-order valence-corrected chi connectivity index (χ1v) is 5.06. The van der Waals surface area contributed by atoms with Crippen molar-refractivity contribution < 1.29 is 14.6 Å². The van der Waals surface area contributed by atoms with E-state index >= 15 is 0 Å². The number of hydrogen-bond donors (Lipinski definition) is 1. The first-order chi connectivity index (χ1) is 7.42. The predicted octanol–water partition coefficient (Wildman–Crippen LogP) is 3.17. The van der Waals surface area contributed by atoms with Gasteiger partial charge in [0.15, 0.2) is 0 Å². The highest BCUT2D eigenvalue weighted by atomic mass is 16.6. The second-order valence-electron chi connectivity index (χ2n) is 4.44. The molecule has 3 nitrogen and oxygen atoms in total. The van der Waals surface area contributed by atoms with Crippen LogP contribution in [0.1, 0.15) is 36.7 Å². The summed E-state index contributed by atoms with van der Waals surface area (Å²) in [5.41, 5.74) is 0.848. The molecular formula is C13H16O3. The van der Waals surface area contributed by atoms with Gasteiger partial charge in [-0.05, 0) is 44.5 Å². The van der Waals surface area contributed by atoms with Crippen molar-refractivity contribution in [2.45, 2.75) is 26.4 Å². The lowest BCUT2D eigenvalue weighted by molar-refractivity contribution is 0.00695. The van der Waals surface area contributed by atoms with Crippen LogP contribution in [0.25, 0.3) is 6.08 Å². The molecule has 1 N–H and O–H groups in total. The van der Waals surface area contributed by atoms with E-state index in [0.29, 0.717) is 5.56 Å². The number of aliphatic hydroxyl groups excluding tert-OH is 1. The Labute approximate surface area is 95.4 Å². The van der Waals surface area contributed by atoms with Gasteiger partial charge in [0.1, 0.15) is 5.60 Å². The number of carbonyl (C=O) groups is 1. The van der Waals surface area contributed by atoms with Crippen molar-refractivity contribution >= 4 is 12.0 Å². The fourth-order valence-electron chi connectivity index (χ4n) is 1.15. The molecule has 0 aromatic heterocycles. The molecule has 16 heavy (non-hydrogen) atoms. The number of ether oxygens (including phenoxy) is 1. The zero-order valence-corrected chi connectivity index (χ0v) is 9.73. The Bertz CT molecular complexity index is 383. The maximum Gasteiger partial charge on any atom is 0.338 e. The Morgan fingerprint density at radius 1 is 1.25 bits per heavy atom. The minimum absolute atomic E-state index is 0.341. The lowest BCUT2D eigenvalue weighted by atomic mass is 10.1. The van der Waals surface area contributed by atoms with Gasteiger partial charge in [0.05, 0.1) is 11.8 Å². The second-order valence-corrected chi connectivity index (χ2v) is 4.44. The molecule has 0 heterocycles. The average Bonchev–Trinajstić information content (AvgIpc) is 2.16. The summed E-state index contributed by atoms with van der Waals surface area (Å²) in [6.45, 7) is 5.48. The topological polar surface area (TPSA) is 46.5 Å². The molecule has 0 unspecified atom stereocenters. The van der Waals surface area contributed by atoms with E-state index in [1.807, 2.05) is 20.8 Å². The smallest absolute Gasteiger partial charge is 0.338 e. The number of esters is 1. The van der Waals surface area contributed by atoms with Crippen LogP contribution in [0.2, 0.25) is 0 Å². The third-order valence-electron chi connectivity index (χ3n) is 1.81. The average molecular weight is 220 g/mol. The molecular weight excluding hydrogens is 204 g/mol. The largest absolute Gasteiger partial charge is 0.516 e. The van der Waals surface area contributed by atoms with E-state index in [1.54, 1.807) is 30.3 Å². The molecule has 0 atom stereocenters. The van der Waals surface area contributed by atoms with E-state index in [4.69, 9.17) is 9.84 Å². The Kier molecular flexibility index (Phi) is 3.72. The molecule has 0 saturated carbocycles. The molecule has 1 aromatic carbocycles. The SMILES string of the molecule is CC(C)(C)OC(=O)c1ccc(C=CO)cc1. The third-order valence-corrected chi connectivity index (χ3v) is 1.81. The summed E-state index contributed by atoms with van der Waals surface area (Å²) in [6.07, 6.45) is 2.50. The summed E-state index contributed by atoms with van der Waals surface area (Å²) in [5, 5.41) is 8.58. The lowest BCUT2D eigenvalue weighted by Gasteiger charge is -2.19. The van der Waals surface area contributed by atoms with E-state index in [9.17, 15) is 4.79 Å². The van der Waals surface area contributed by atoms with E-state index in [0.717, 1.165) is 11.8 Å². The summed E-state index contributed by atoms with van der Waals surface area (Å²) >= 11 is 0. The van der Waals surface area contributed by atoms with Crippen molar-refractivity contribution in [1.82, 2.24) is 0 Å². The fourth-order valence-corrected chi connectivity index (χ4v) is 1.15. The quantitative estimate of drug-likeness (QED) is 0.615. The Balaban J connectivity index is 2.78. The van der Waals surface area contributed by atoms with Crippen LogP contribution in [0.4, 0.5) is 0 Å². The van der Waals surface area contributed by atoms with Crippen molar-refractivity contribution in [1.29, 1.82) is 0 Å². The molecule has 1 rings (SSSR count). The van der Waals surface area contributed by atoms with Crippen molar-refractivity contribution in [3.05, 3.63) is 41.7 Å². The van der Waals surface area contributed by atoms with E-state index in [-0.39, 0.29) is 5.97 Å². The van der Waals surface area contributed by atoms with Gasteiger partial charge in [0.2, 0.25) is 0 Å². The maximum absolute atomic E-state index is 11.6. The highest BCUT2D eigenvalue weighted by Crippen LogP contribution is 2.13. The van der Waals surface area contributed by atoms with Crippen molar-refractivity contribution in [3.8, 4) is 0 Å². The van der Waals surface area contributed by atoms with Gasteiger partial charge in [-0.25, -0.2) is 4.79 Å². The summed E-state index contributed by atoms with van der Waals surface area (Å²) < 4.78 is 5.22. The van der Waals surface area contributed by atoms with Gasteiger partial charge < -0.3 is 9.84 Å². The Morgan fingerprint density at radius 3 is 2.25 bits per heavy atom. The zero-order chi connectivity index (χ0) is 12.2. The third kappa shape index (κ3) is 3.77. The minimum atomic E-state index is -0.485. The van der Waals surface area contributed by atoms with Crippen LogP contribution >= 0.6 is 0 Å². The van der Waals surface area contributed by atoms with Crippen LogP contribution in [0, 0.1) is 0 Å². The zero-order valence-electron chi connectivity index (χ0n) is 9.73. The van der Waals surface area contributed by atoms with Crippen LogP contribution in [-0.4, -0.2) is 16.7 Å². The highest BCUT2D eigenvalue weighted by Gasteiger charge is 2.17. The number of aliphatic hydroxyl groups is 1. The Morgan fingerprint density at radius 2 is 1.81 bits per heavy atom. The number of hydrogen-bond acceptors (Lipinski definition) is 3. The standard InChI is InChI=1S/C13H16O3/c1-13(2,3)16-12(15)11-6-4-10(5-7-11)8-9-14/h4-9,14H,1-3H3. The van der Waals surface area contributed by atoms with E-state index in [2.05, 4.69) is 0 Å². The number of benzene rings is 1. The molecule has 0 amide bonds. The van der Waals surface area contributed by atoms with Crippen LogP contribution < -0.4 is 0 Å². The molecule has 0 bridgehead atoms. The Hall–Kier alpha value is -1.77. The van der Waals surface area contributed by atoms with Gasteiger partial charge in [-0.1, -0.05) is 12.1 Å². The van der Waals surface area contributed by atoms with E-state index < -0.39 is 5.60 Å². The molecule has 0 aliphatic rings. The summed E-state index contributed by atoms with van der Waals surface area (Å²) in [6, 6.07) is 6.82. The van der Waals surface area contributed by atoms with Gasteiger partial charge in [-0.3, -0.25) is 0 Å². The highest BCUT2D eigenvalue weighted by molar-refractivity contribution is 5.89. The number of carbonyl (C=O) groups excluding carboxylic acids is 1. The first-order valence-electron chi connectivity index (χ1n) is 5.06. The predicted molar refractivity (Wildman–Crippen MR) is 63.3 cm³/mol. The van der Waals surface area contributed by atoms with Gasteiger partial charge in [-0.15, -0.1) is 0 Å². The minimum Gasteiger partial charge on any atom is -0.516 e. The van der Waals surface area contributed by atoms with Crippen molar-refractivity contribution in [2.24, 2.45) is 0 Å². The molecule has 0 fully saturated rings. The summed E-state index contributed by atoms with van der Waals surface area (Å²) in [7, 11) is 0. The monoisotopic (exact) mass is 220 g/mol.